The molecule has 1 aromatic rings. The van der Waals surface area contributed by atoms with Crippen LogP contribution in [0.1, 0.15) is 12.2 Å². The molecule has 0 amide bonds. The van der Waals surface area contributed by atoms with E-state index in [4.69, 9.17) is 14.4 Å². The first kappa shape index (κ1) is 9.26. The normalized spacial score (nSPS) is 20.4. The van der Waals surface area contributed by atoms with E-state index >= 15 is 0 Å². The second-order valence-electron chi connectivity index (χ2n) is 2.78. The smallest absolute Gasteiger partial charge is 0.348 e. The number of hydrogen-bond donors (Lipinski definition) is 1. The van der Waals surface area contributed by atoms with Crippen LogP contribution in [0.4, 0.5) is 0 Å². The third-order valence-corrected chi connectivity index (χ3v) is 2.23. The second-order valence-corrected chi connectivity index (χ2v) is 3.56. The molecule has 1 atom stereocenters. The van der Waals surface area contributed by atoms with Gasteiger partial charge in [0.15, 0.2) is 10.4 Å². The first-order chi connectivity index (χ1) is 6.66. The summed E-state index contributed by atoms with van der Waals surface area (Å²) in [6.07, 6.45) is -0.663. The second kappa shape index (κ2) is 3.45. The number of hydrogen-bond acceptors (Lipinski definition) is 4. The lowest BCUT2D eigenvalue weighted by Gasteiger charge is -1.98. The minimum absolute atomic E-state index is 0.231. The van der Waals surface area contributed by atoms with Crippen molar-refractivity contribution in [2.24, 2.45) is 5.16 Å². The molecule has 5 nitrogen and oxygen atoms in total. The first-order valence-electron chi connectivity index (χ1n) is 3.88. The number of oxime groups is 1. The van der Waals surface area contributed by atoms with Gasteiger partial charge in [0.05, 0.1) is 0 Å². The molecule has 6 heteroatoms. The zero-order valence-corrected chi connectivity index (χ0v) is 8.52. The molecule has 2 heterocycles. The van der Waals surface area contributed by atoms with Gasteiger partial charge in [0.1, 0.15) is 5.71 Å². The molecule has 0 saturated carbocycles. The lowest BCUT2D eigenvalue weighted by molar-refractivity contribution is -0.148. The van der Waals surface area contributed by atoms with E-state index in [2.05, 4.69) is 21.1 Å². The average Bonchev–Trinajstić information content (AvgIpc) is 2.70. The molecule has 0 saturated heterocycles. The summed E-state index contributed by atoms with van der Waals surface area (Å²) >= 11 is 3.14. The third-order valence-electron chi connectivity index (χ3n) is 1.80. The quantitative estimate of drug-likeness (QED) is 0.876. The predicted molar refractivity (Wildman–Crippen MR) is 50.1 cm³/mol. The van der Waals surface area contributed by atoms with Crippen molar-refractivity contribution in [3.63, 3.8) is 0 Å². The molecular formula is C8H6BrNO4. The summed E-state index contributed by atoms with van der Waals surface area (Å²) in [5.74, 6) is -0.491. The Morgan fingerprint density at radius 2 is 2.43 bits per heavy atom. The summed E-state index contributed by atoms with van der Waals surface area (Å²) < 4.78 is 5.79. The maximum atomic E-state index is 10.5. The minimum Gasteiger partial charge on any atom is -0.478 e. The van der Waals surface area contributed by atoms with Crippen molar-refractivity contribution in [2.75, 3.05) is 0 Å². The zero-order chi connectivity index (χ0) is 10.1. The summed E-state index contributed by atoms with van der Waals surface area (Å²) in [5.41, 5.74) is 0.517. The molecule has 0 aliphatic carbocycles. The molecule has 1 aliphatic rings. The third kappa shape index (κ3) is 1.65. The number of carboxylic acids is 1. The van der Waals surface area contributed by atoms with Gasteiger partial charge in [0.25, 0.3) is 0 Å². The van der Waals surface area contributed by atoms with E-state index in [0.717, 1.165) is 0 Å². The van der Waals surface area contributed by atoms with Crippen LogP contribution in [-0.2, 0) is 9.63 Å². The van der Waals surface area contributed by atoms with Crippen molar-refractivity contribution < 1.29 is 19.2 Å². The van der Waals surface area contributed by atoms with Gasteiger partial charge in [-0.1, -0.05) is 5.16 Å². The van der Waals surface area contributed by atoms with E-state index in [9.17, 15) is 4.79 Å². The van der Waals surface area contributed by atoms with Gasteiger partial charge in [0.2, 0.25) is 6.10 Å². The Morgan fingerprint density at radius 1 is 1.64 bits per heavy atom. The van der Waals surface area contributed by atoms with Crippen LogP contribution in [0.5, 0.6) is 0 Å². The van der Waals surface area contributed by atoms with Crippen molar-refractivity contribution >= 4 is 27.6 Å². The number of carbonyl (C=O) groups is 1. The predicted octanol–water partition coefficient (Wildman–Crippen LogP) is 1.62. The Morgan fingerprint density at radius 3 is 2.93 bits per heavy atom. The fourth-order valence-electron chi connectivity index (χ4n) is 1.12. The van der Waals surface area contributed by atoms with Crippen LogP contribution in [0, 0.1) is 0 Å². The Balaban J connectivity index is 2.12. The van der Waals surface area contributed by atoms with Gasteiger partial charge in [-0.25, -0.2) is 4.79 Å². The molecule has 0 radical (unpaired) electrons. The molecule has 74 valence electrons. The Hall–Kier alpha value is -1.30. The van der Waals surface area contributed by atoms with Crippen molar-refractivity contribution in [1.82, 2.24) is 0 Å². The maximum absolute atomic E-state index is 10.5. The number of halogens is 1. The SMILES string of the molecule is O=C(O)C1CC(c2ccc(Br)o2)=NO1. The van der Waals surface area contributed by atoms with Crippen LogP contribution >= 0.6 is 15.9 Å². The highest BCUT2D eigenvalue weighted by Crippen LogP contribution is 2.21. The van der Waals surface area contributed by atoms with Gasteiger partial charge in [0, 0.05) is 6.42 Å². The van der Waals surface area contributed by atoms with Gasteiger partial charge in [-0.2, -0.15) is 0 Å². The molecule has 1 unspecified atom stereocenters. The molecule has 0 aromatic carbocycles. The fourth-order valence-corrected chi connectivity index (χ4v) is 1.43. The molecule has 1 aliphatic heterocycles. The van der Waals surface area contributed by atoms with E-state index in [0.29, 0.717) is 16.1 Å². The van der Waals surface area contributed by atoms with Crippen LogP contribution in [0.25, 0.3) is 0 Å². The maximum Gasteiger partial charge on any atom is 0.348 e. The zero-order valence-electron chi connectivity index (χ0n) is 6.94. The summed E-state index contributed by atoms with van der Waals surface area (Å²) in [6.45, 7) is 0. The molecular weight excluding hydrogens is 254 g/mol. The highest BCUT2D eigenvalue weighted by atomic mass is 79.9. The molecule has 14 heavy (non-hydrogen) atoms. The van der Waals surface area contributed by atoms with Gasteiger partial charge < -0.3 is 14.4 Å². The van der Waals surface area contributed by atoms with Crippen LogP contribution in [0.3, 0.4) is 0 Å². The lowest BCUT2D eigenvalue weighted by atomic mass is 10.1. The van der Waals surface area contributed by atoms with Crippen LogP contribution in [0.2, 0.25) is 0 Å². The Labute approximate surface area is 87.5 Å². The summed E-state index contributed by atoms with van der Waals surface area (Å²) in [6, 6.07) is 3.42. The summed E-state index contributed by atoms with van der Waals surface area (Å²) in [7, 11) is 0. The summed E-state index contributed by atoms with van der Waals surface area (Å²) in [5, 5.41) is 12.3. The monoisotopic (exact) mass is 259 g/mol. The fraction of sp³-hybridized carbons (Fsp3) is 0.250. The van der Waals surface area contributed by atoms with Crippen molar-refractivity contribution in [2.45, 2.75) is 12.5 Å². The molecule has 1 N–H and O–H groups in total. The van der Waals surface area contributed by atoms with Crippen LogP contribution in [-0.4, -0.2) is 22.9 Å². The number of furan rings is 1. The van der Waals surface area contributed by atoms with Crippen LogP contribution in [0.15, 0.2) is 26.4 Å². The molecule has 0 spiro atoms. The Bertz CT molecular complexity index is 398. The van der Waals surface area contributed by atoms with Crippen molar-refractivity contribution in [3.8, 4) is 0 Å². The molecule has 2 rings (SSSR count). The molecule has 0 fully saturated rings. The van der Waals surface area contributed by atoms with Crippen molar-refractivity contribution in [1.29, 1.82) is 0 Å². The largest absolute Gasteiger partial charge is 0.478 e. The van der Waals surface area contributed by atoms with Gasteiger partial charge in [-0.05, 0) is 28.1 Å². The highest BCUT2D eigenvalue weighted by molar-refractivity contribution is 9.10. The van der Waals surface area contributed by atoms with E-state index in [1.165, 1.54) is 0 Å². The number of rotatable bonds is 2. The van der Waals surface area contributed by atoms with E-state index in [1.807, 2.05) is 0 Å². The topological polar surface area (TPSA) is 72.0 Å². The van der Waals surface area contributed by atoms with Gasteiger partial charge in [-0.3, -0.25) is 0 Å². The molecule has 1 aromatic heterocycles. The van der Waals surface area contributed by atoms with Gasteiger partial charge in [-0.15, -0.1) is 0 Å². The van der Waals surface area contributed by atoms with E-state index in [-0.39, 0.29) is 6.42 Å². The number of aliphatic carboxylic acids is 1. The highest BCUT2D eigenvalue weighted by Gasteiger charge is 2.29. The number of nitrogens with zero attached hydrogens (tertiary/aromatic N) is 1. The van der Waals surface area contributed by atoms with Crippen LogP contribution < -0.4 is 0 Å². The molecule has 0 bridgehead atoms. The Kier molecular flexibility index (Phi) is 2.28. The van der Waals surface area contributed by atoms with E-state index < -0.39 is 12.1 Å². The van der Waals surface area contributed by atoms with E-state index in [1.54, 1.807) is 12.1 Å². The average molecular weight is 260 g/mol. The lowest BCUT2D eigenvalue weighted by Crippen LogP contribution is -2.19. The number of carboxylic acid groups (broad SMARTS) is 1. The van der Waals surface area contributed by atoms with Gasteiger partial charge >= 0.3 is 5.97 Å². The summed E-state index contributed by atoms with van der Waals surface area (Å²) in [4.78, 5) is 15.2. The van der Waals surface area contributed by atoms with Crippen molar-refractivity contribution in [3.05, 3.63) is 22.6 Å². The first-order valence-corrected chi connectivity index (χ1v) is 4.67. The minimum atomic E-state index is -1.02. The standard InChI is InChI=1S/C8H6BrNO4/c9-7-2-1-5(13-7)4-3-6(8(11)12)14-10-4/h1-2,6H,3H2,(H,11,12).